The van der Waals surface area contributed by atoms with Crippen LogP contribution in [-0.2, 0) is 6.42 Å². The van der Waals surface area contributed by atoms with Crippen molar-refractivity contribution >= 4 is 38.7 Å². The average molecular weight is 336 g/mol. The number of hydrogen-bond donors (Lipinski definition) is 2. The number of halogens is 1. The van der Waals surface area contributed by atoms with Crippen molar-refractivity contribution in [2.24, 2.45) is 0 Å². The normalized spacial score (nSPS) is 10.3. The molecule has 0 aliphatic rings. The first-order valence-electron chi connectivity index (χ1n) is 6.10. The Labute approximate surface area is 125 Å². The number of rotatable bonds is 4. The summed E-state index contributed by atoms with van der Waals surface area (Å²) in [6.45, 7) is 2.05. The van der Waals surface area contributed by atoms with Gasteiger partial charge in [0.2, 0.25) is 0 Å². The van der Waals surface area contributed by atoms with Gasteiger partial charge in [0.05, 0.1) is 4.92 Å². The van der Waals surface area contributed by atoms with E-state index in [1.807, 2.05) is 18.2 Å². The minimum Gasteiger partial charge on any atom is -0.398 e. The largest absolute Gasteiger partial charge is 0.398 e. The maximum absolute atomic E-state index is 10.8. The molecule has 6 heteroatoms. The second-order valence-electron chi connectivity index (χ2n) is 4.35. The lowest BCUT2D eigenvalue weighted by Crippen LogP contribution is -1.98. The molecule has 0 spiro atoms. The Balaban J connectivity index is 2.37. The van der Waals surface area contributed by atoms with Crippen LogP contribution in [0.2, 0.25) is 0 Å². The molecule has 0 radical (unpaired) electrons. The van der Waals surface area contributed by atoms with Crippen LogP contribution in [0.5, 0.6) is 0 Å². The Kier molecular flexibility index (Phi) is 4.24. The second kappa shape index (κ2) is 5.92. The van der Waals surface area contributed by atoms with Crippen molar-refractivity contribution in [3.63, 3.8) is 0 Å². The summed E-state index contributed by atoms with van der Waals surface area (Å²) in [4.78, 5) is 10.4. The summed E-state index contributed by atoms with van der Waals surface area (Å²) in [6.07, 6.45) is 0.853. The fourth-order valence-electron chi connectivity index (χ4n) is 1.94. The van der Waals surface area contributed by atoms with E-state index >= 15 is 0 Å². The smallest absolute Gasteiger partial charge is 0.273 e. The monoisotopic (exact) mass is 335 g/mol. The molecule has 0 aromatic heterocycles. The van der Waals surface area contributed by atoms with Crippen LogP contribution in [0.1, 0.15) is 12.5 Å². The van der Waals surface area contributed by atoms with Gasteiger partial charge in [-0.05, 0) is 36.2 Å². The van der Waals surface area contributed by atoms with Gasteiger partial charge in [0.15, 0.2) is 0 Å². The highest BCUT2D eigenvalue weighted by molar-refractivity contribution is 9.10. The van der Waals surface area contributed by atoms with E-state index in [0.29, 0.717) is 11.4 Å². The summed E-state index contributed by atoms with van der Waals surface area (Å²) in [5.41, 5.74) is 8.66. The number of hydrogen-bond acceptors (Lipinski definition) is 4. The molecule has 2 rings (SSSR count). The number of non-ortho nitro benzene ring substituents is 1. The molecule has 104 valence electrons. The third-order valence-corrected chi connectivity index (χ3v) is 3.37. The van der Waals surface area contributed by atoms with Gasteiger partial charge >= 0.3 is 0 Å². The maximum Gasteiger partial charge on any atom is 0.273 e. The first-order valence-corrected chi connectivity index (χ1v) is 6.89. The van der Waals surface area contributed by atoms with Crippen molar-refractivity contribution in [2.75, 3.05) is 11.1 Å². The van der Waals surface area contributed by atoms with Crippen LogP contribution in [0.3, 0.4) is 0 Å². The molecule has 0 unspecified atom stereocenters. The van der Waals surface area contributed by atoms with E-state index in [2.05, 4.69) is 28.2 Å². The Morgan fingerprint density at radius 3 is 2.70 bits per heavy atom. The summed E-state index contributed by atoms with van der Waals surface area (Å²) < 4.78 is 0.999. The number of anilines is 3. The Bertz CT molecular complexity index is 659. The highest BCUT2D eigenvalue weighted by Gasteiger charge is 2.09. The number of nitrogens with two attached hydrogens (primary N) is 1. The highest BCUT2D eigenvalue weighted by Crippen LogP contribution is 2.28. The fourth-order valence-corrected chi connectivity index (χ4v) is 2.35. The Hall–Kier alpha value is -2.08. The summed E-state index contributed by atoms with van der Waals surface area (Å²) in [6, 6.07) is 10.4. The predicted octanol–water partition coefficient (Wildman–Crippen LogP) is 4.25. The van der Waals surface area contributed by atoms with E-state index in [-0.39, 0.29) is 5.69 Å². The molecule has 0 saturated heterocycles. The zero-order chi connectivity index (χ0) is 14.7. The molecule has 0 aliphatic carbocycles. The summed E-state index contributed by atoms with van der Waals surface area (Å²) in [5, 5.41) is 14.0. The van der Waals surface area contributed by atoms with Crippen molar-refractivity contribution in [1.82, 2.24) is 0 Å². The topological polar surface area (TPSA) is 81.2 Å². The van der Waals surface area contributed by atoms with Gasteiger partial charge in [0.1, 0.15) is 0 Å². The van der Waals surface area contributed by atoms with Crippen LogP contribution in [0.25, 0.3) is 0 Å². The average Bonchev–Trinajstić information content (AvgIpc) is 2.40. The van der Waals surface area contributed by atoms with Crippen LogP contribution in [0.15, 0.2) is 40.9 Å². The third-order valence-electron chi connectivity index (χ3n) is 2.88. The zero-order valence-electron chi connectivity index (χ0n) is 10.9. The third kappa shape index (κ3) is 3.27. The number of nitrogens with one attached hydrogen (secondary N) is 1. The minimum absolute atomic E-state index is 0.0253. The molecule has 0 bridgehead atoms. The van der Waals surface area contributed by atoms with Gasteiger partial charge in [0, 0.05) is 33.7 Å². The Morgan fingerprint density at radius 2 is 2.05 bits per heavy atom. The maximum atomic E-state index is 10.8. The number of nitrogen functional groups attached to an aromatic ring is 1. The van der Waals surface area contributed by atoms with Crippen molar-refractivity contribution < 1.29 is 4.92 Å². The van der Waals surface area contributed by atoms with Gasteiger partial charge in [-0.2, -0.15) is 0 Å². The summed E-state index contributed by atoms with van der Waals surface area (Å²) in [7, 11) is 0. The fraction of sp³-hybridized carbons (Fsp3) is 0.143. The van der Waals surface area contributed by atoms with Crippen LogP contribution in [0.4, 0.5) is 22.7 Å². The molecule has 5 nitrogen and oxygen atoms in total. The molecule has 0 aliphatic heterocycles. The van der Waals surface area contributed by atoms with Gasteiger partial charge in [-0.25, -0.2) is 0 Å². The molecule has 0 amide bonds. The molecule has 0 saturated carbocycles. The lowest BCUT2D eigenvalue weighted by Gasteiger charge is -2.12. The van der Waals surface area contributed by atoms with Gasteiger partial charge in [0.25, 0.3) is 5.69 Å². The molecule has 0 atom stereocenters. The first kappa shape index (κ1) is 14.3. The predicted molar refractivity (Wildman–Crippen MR) is 84.3 cm³/mol. The zero-order valence-corrected chi connectivity index (χ0v) is 12.5. The molecular formula is C14H14BrN3O2. The standard InChI is InChI=1S/C14H14BrN3O2/c1-2-9-5-10(15)3-4-14(9)17-12-6-11(16)7-13(8-12)18(19)20/h3-8,17H,2,16H2,1H3. The molecule has 0 heterocycles. The van der Waals surface area contributed by atoms with Crippen LogP contribution in [-0.4, -0.2) is 4.92 Å². The number of nitrogens with zero attached hydrogens (tertiary/aromatic N) is 1. The van der Waals surface area contributed by atoms with E-state index in [0.717, 1.165) is 22.1 Å². The quantitative estimate of drug-likeness (QED) is 0.497. The Morgan fingerprint density at radius 1 is 1.30 bits per heavy atom. The SMILES string of the molecule is CCc1cc(Br)ccc1Nc1cc(N)cc([N+](=O)[O-])c1. The van der Waals surface area contributed by atoms with E-state index in [1.54, 1.807) is 6.07 Å². The molecule has 2 aromatic carbocycles. The number of benzene rings is 2. The molecule has 3 N–H and O–H groups in total. The van der Waals surface area contributed by atoms with Gasteiger partial charge in [-0.3, -0.25) is 10.1 Å². The molecule has 2 aromatic rings. The van der Waals surface area contributed by atoms with E-state index in [9.17, 15) is 10.1 Å². The first-order chi connectivity index (χ1) is 9.49. The van der Waals surface area contributed by atoms with Crippen molar-refractivity contribution in [3.05, 3.63) is 56.5 Å². The minimum atomic E-state index is -0.455. The number of nitro benzene ring substituents is 1. The van der Waals surface area contributed by atoms with Crippen LogP contribution in [0, 0.1) is 10.1 Å². The van der Waals surface area contributed by atoms with E-state index in [1.165, 1.54) is 12.1 Å². The van der Waals surface area contributed by atoms with E-state index < -0.39 is 4.92 Å². The van der Waals surface area contributed by atoms with Crippen molar-refractivity contribution in [2.45, 2.75) is 13.3 Å². The van der Waals surface area contributed by atoms with Crippen molar-refractivity contribution in [3.8, 4) is 0 Å². The molecule has 0 fully saturated rings. The van der Waals surface area contributed by atoms with Crippen molar-refractivity contribution in [1.29, 1.82) is 0 Å². The molecule has 20 heavy (non-hydrogen) atoms. The summed E-state index contributed by atoms with van der Waals surface area (Å²) >= 11 is 3.43. The highest BCUT2D eigenvalue weighted by atomic mass is 79.9. The lowest BCUT2D eigenvalue weighted by molar-refractivity contribution is -0.384. The lowest BCUT2D eigenvalue weighted by atomic mass is 10.1. The van der Waals surface area contributed by atoms with Gasteiger partial charge in [-0.1, -0.05) is 22.9 Å². The summed E-state index contributed by atoms with van der Waals surface area (Å²) in [5.74, 6) is 0. The van der Waals surface area contributed by atoms with Gasteiger partial charge < -0.3 is 11.1 Å². The van der Waals surface area contributed by atoms with Crippen LogP contribution < -0.4 is 11.1 Å². The van der Waals surface area contributed by atoms with E-state index in [4.69, 9.17) is 5.73 Å². The number of nitro groups is 1. The number of aryl methyl sites for hydroxylation is 1. The van der Waals surface area contributed by atoms with Gasteiger partial charge in [-0.15, -0.1) is 0 Å². The van der Waals surface area contributed by atoms with Crippen LogP contribution >= 0.6 is 15.9 Å². The second-order valence-corrected chi connectivity index (χ2v) is 5.27. The molecular weight excluding hydrogens is 322 g/mol.